The lowest BCUT2D eigenvalue weighted by Crippen LogP contribution is -1.99. The van der Waals surface area contributed by atoms with Crippen LogP contribution in [-0.4, -0.2) is 21.7 Å². The van der Waals surface area contributed by atoms with Crippen LogP contribution in [0, 0.1) is 13.8 Å². The first kappa shape index (κ1) is 14.3. The van der Waals surface area contributed by atoms with Gasteiger partial charge in [-0.2, -0.15) is 4.98 Å². The van der Waals surface area contributed by atoms with Gasteiger partial charge in [-0.3, -0.25) is 0 Å². The third-order valence-corrected chi connectivity index (χ3v) is 3.26. The molecule has 5 heteroatoms. The van der Waals surface area contributed by atoms with E-state index >= 15 is 0 Å². The minimum atomic E-state index is 0.490. The average molecular weight is 295 g/mol. The molecule has 0 fully saturated rings. The molecule has 1 aromatic carbocycles. The molecule has 5 nitrogen and oxygen atoms in total. The molecule has 2 aromatic heterocycles. The smallest absolute Gasteiger partial charge is 0.225 e. The first-order valence-electron chi connectivity index (χ1n) is 7.19. The van der Waals surface area contributed by atoms with Gasteiger partial charge < -0.3 is 9.26 Å². The van der Waals surface area contributed by atoms with Gasteiger partial charge >= 0.3 is 0 Å². The molecule has 3 rings (SSSR count). The monoisotopic (exact) mass is 295 g/mol. The fourth-order valence-electron chi connectivity index (χ4n) is 2.15. The van der Waals surface area contributed by atoms with Gasteiger partial charge in [-0.1, -0.05) is 35.0 Å². The van der Waals surface area contributed by atoms with Crippen molar-refractivity contribution in [2.45, 2.75) is 20.8 Å². The molecule has 0 spiro atoms. The maximum Gasteiger partial charge on any atom is 0.225 e. The zero-order valence-electron chi connectivity index (χ0n) is 12.8. The van der Waals surface area contributed by atoms with E-state index in [1.54, 1.807) is 6.92 Å². The summed E-state index contributed by atoms with van der Waals surface area (Å²) in [5, 5.41) is 3.94. The van der Waals surface area contributed by atoms with Crippen LogP contribution in [-0.2, 0) is 0 Å². The normalized spacial score (nSPS) is 10.7. The van der Waals surface area contributed by atoms with Crippen LogP contribution in [0.3, 0.4) is 0 Å². The highest BCUT2D eigenvalue weighted by Crippen LogP contribution is 2.29. The fourth-order valence-corrected chi connectivity index (χ4v) is 2.15. The third kappa shape index (κ3) is 2.83. The second-order valence-electron chi connectivity index (χ2n) is 4.99. The molecule has 0 atom stereocenters. The van der Waals surface area contributed by atoms with Crippen LogP contribution in [0.2, 0.25) is 0 Å². The number of hydrogen-bond donors (Lipinski definition) is 0. The number of pyridine rings is 1. The number of benzene rings is 1. The third-order valence-electron chi connectivity index (χ3n) is 3.26. The topological polar surface area (TPSA) is 61.0 Å². The Morgan fingerprint density at radius 1 is 1.00 bits per heavy atom. The molecule has 0 bridgehead atoms. The van der Waals surface area contributed by atoms with Gasteiger partial charge in [0, 0.05) is 12.5 Å². The molecule has 0 N–H and O–H groups in total. The molecular formula is C17H17N3O2. The van der Waals surface area contributed by atoms with Crippen molar-refractivity contribution in [2.75, 3.05) is 6.61 Å². The lowest BCUT2D eigenvalue weighted by molar-refractivity contribution is 0.328. The zero-order valence-corrected chi connectivity index (χ0v) is 12.8. The molecule has 0 saturated heterocycles. The van der Waals surface area contributed by atoms with Gasteiger partial charge in [0.25, 0.3) is 0 Å². The minimum absolute atomic E-state index is 0.490. The van der Waals surface area contributed by atoms with E-state index < -0.39 is 0 Å². The second-order valence-corrected chi connectivity index (χ2v) is 4.99. The largest absolute Gasteiger partial charge is 0.477 e. The molecule has 22 heavy (non-hydrogen) atoms. The summed E-state index contributed by atoms with van der Waals surface area (Å²) in [5.74, 6) is 1.52. The van der Waals surface area contributed by atoms with Gasteiger partial charge in [0.05, 0.1) is 17.9 Å². The molecule has 0 unspecified atom stereocenters. The van der Waals surface area contributed by atoms with Gasteiger partial charge in [-0.05, 0) is 26.0 Å². The van der Waals surface area contributed by atoms with E-state index in [0.29, 0.717) is 24.2 Å². The van der Waals surface area contributed by atoms with Crippen molar-refractivity contribution < 1.29 is 9.26 Å². The second kappa shape index (κ2) is 5.97. The number of nitrogens with zero attached hydrogens (tertiary/aromatic N) is 3. The Kier molecular flexibility index (Phi) is 3.87. The van der Waals surface area contributed by atoms with Crippen molar-refractivity contribution in [1.29, 1.82) is 0 Å². The van der Waals surface area contributed by atoms with Crippen LogP contribution in [0.4, 0.5) is 0 Å². The zero-order chi connectivity index (χ0) is 15.5. The van der Waals surface area contributed by atoms with Crippen LogP contribution in [0.5, 0.6) is 5.88 Å². The summed E-state index contributed by atoms with van der Waals surface area (Å²) in [7, 11) is 0. The summed E-state index contributed by atoms with van der Waals surface area (Å²) in [4.78, 5) is 8.84. The Balaban J connectivity index is 2.05. The van der Waals surface area contributed by atoms with E-state index in [0.717, 1.165) is 16.8 Å². The quantitative estimate of drug-likeness (QED) is 0.732. The van der Waals surface area contributed by atoms with Gasteiger partial charge in [0.1, 0.15) is 0 Å². The molecule has 0 saturated carbocycles. The number of aromatic nitrogens is 3. The van der Waals surface area contributed by atoms with Crippen LogP contribution < -0.4 is 4.74 Å². The van der Waals surface area contributed by atoms with Gasteiger partial charge in [-0.15, -0.1) is 0 Å². The summed E-state index contributed by atoms with van der Waals surface area (Å²) >= 11 is 0. The van der Waals surface area contributed by atoms with E-state index in [1.165, 1.54) is 5.56 Å². The van der Waals surface area contributed by atoms with E-state index in [4.69, 9.17) is 9.26 Å². The molecule has 0 aliphatic heterocycles. The number of rotatable bonds is 4. The Labute approximate surface area is 129 Å². The van der Waals surface area contributed by atoms with Crippen LogP contribution >= 0.6 is 0 Å². The lowest BCUT2D eigenvalue weighted by atomic mass is 10.1. The van der Waals surface area contributed by atoms with Crippen LogP contribution in [0.1, 0.15) is 18.4 Å². The lowest BCUT2D eigenvalue weighted by Gasteiger charge is -2.09. The highest BCUT2D eigenvalue weighted by atomic mass is 16.5. The molecule has 2 heterocycles. The van der Waals surface area contributed by atoms with Crippen molar-refractivity contribution in [3.05, 3.63) is 47.9 Å². The number of ether oxygens (including phenoxy) is 1. The predicted octanol–water partition coefficient (Wildman–Crippen LogP) is 3.81. The molecule has 0 radical (unpaired) electrons. The van der Waals surface area contributed by atoms with Crippen LogP contribution in [0.15, 0.2) is 40.9 Å². The van der Waals surface area contributed by atoms with Crippen molar-refractivity contribution >= 4 is 0 Å². The van der Waals surface area contributed by atoms with Gasteiger partial charge in [0.15, 0.2) is 0 Å². The Bertz CT molecular complexity index is 779. The summed E-state index contributed by atoms with van der Waals surface area (Å²) < 4.78 is 10.7. The van der Waals surface area contributed by atoms with Gasteiger partial charge in [-0.25, -0.2) is 4.98 Å². The SMILES string of the molecule is CCOc1nc(-c2ccc(C)cc2)ccc1-c1noc(C)n1. The first-order valence-corrected chi connectivity index (χ1v) is 7.19. The summed E-state index contributed by atoms with van der Waals surface area (Å²) in [6, 6.07) is 12.1. The van der Waals surface area contributed by atoms with Crippen molar-refractivity contribution in [1.82, 2.24) is 15.1 Å². The maximum absolute atomic E-state index is 5.65. The summed E-state index contributed by atoms with van der Waals surface area (Å²) in [6.07, 6.45) is 0. The highest BCUT2D eigenvalue weighted by molar-refractivity contribution is 5.67. The standard InChI is InChI=1S/C17H17N3O2/c1-4-21-17-14(16-18-12(3)22-20-16)9-10-15(19-17)13-7-5-11(2)6-8-13/h5-10H,4H2,1-3H3. The Morgan fingerprint density at radius 3 is 2.41 bits per heavy atom. The van der Waals surface area contributed by atoms with E-state index in [2.05, 4.69) is 34.2 Å². The van der Waals surface area contributed by atoms with E-state index in [-0.39, 0.29) is 0 Å². The molecule has 0 aliphatic rings. The van der Waals surface area contributed by atoms with Crippen molar-refractivity contribution in [3.63, 3.8) is 0 Å². The van der Waals surface area contributed by atoms with Crippen molar-refractivity contribution in [2.24, 2.45) is 0 Å². The molecule has 3 aromatic rings. The minimum Gasteiger partial charge on any atom is -0.477 e. The fraction of sp³-hybridized carbons (Fsp3) is 0.235. The van der Waals surface area contributed by atoms with Crippen LogP contribution in [0.25, 0.3) is 22.6 Å². The summed E-state index contributed by atoms with van der Waals surface area (Å²) in [5.41, 5.74) is 3.84. The predicted molar refractivity (Wildman–Crippen MR) is 83.6 cm³/mol. The molecule has 0 amide bonds. The summed E-state index contributed by atoms with van der Waals surface area (Å²) in [6.45, 7) is 6.26. The maximum atomic E-state index is 5.65. The molecular weight excluding hydrogens is 278 g/mol. The van der Waals surface area contributed by atoms with Gasteiger partial charge in [0.2, 0.25) is 17.6 Å². The highest BCUT2D eigenvalue weighted by Gasteiger charge is 2.15. The number of hydrogen-bond acceptors (Lipinski definition) is 5. The average Bonchev–Trinajstić information content (AvgIpc) is 2.95. The van der Waals surface area contributed by atoms with Crippen molar-refractivity contribution in [3.8, 4) is 28.5 Å². The Morgan fingerprint density at radius 2 is 1.77 bits per heavy atom. The van der Waals surface area contributed by atoms with E-state index in [9.17, 15) is 0 Å². The Hall–Kier alpha value is -2.69. The molecule has 0 aliphatic carbocycles. The number of aryl methyl sites for hydroxylation is 2. The molecule has 112 valence electrons. The first-order chi connectivity index (χ1) is 10.7. The van der Waals surface area contributed by atoms with E-state index in [1.807, 2.05) is 31.2 Å².